The summed E-state index contributed by atoms with van der Waals surface area (Å²) in [5.74, 6) is 2.28. The predicted molar refractivity (Wildman–Crippen MR) is 107 cm³/mol. The number of methoxy groups -OCH3 is 2. The van der Waals surface area contributed by atoms with Crippen LogP contribution in [0.5, 0.6) is 11.5 Å². The van der Waals surface area contributed by atoms with Crippen molar-refractivity contribution >= 4 is 15.8 Å². The van der Waals surface area contributed by atoms with Crippen LogP contribution in [0.4, 0.5) is 5.82 Å². The Hall–Kier alpha value is -2.39. The van der Waals surface area contributed by atoms with Gasteiger partial charge in [-0.05, 0) is 31.4 Å². The molecule has 1 aromatic carbocycles. The average Bonchev–Trinajstić information content (AvgIpc) is 3.58. The number of anilines is 1. The summed E-state index contributed by atoms with van der Waals surface area (Å²) in [4.78, 5) is 11.2. The van der Waals surface area contributed by atoms with Gasteiger partial charge in [0, 0.05) is 48.9 Å². The van der Waals surface area contributed by atoms with E-state index in [4.69, 9.17) is 9.47 Å². The number of piperidine rings is 1. The molecule has 4 aliphatic rings. The largest absolute Gasteiger partial charge is 0.497 e. The molecule has 6 rings (SSSR count). The molecule has 3 aliphatic heterocycles. The number of aromatic nitrogens is 2. The van der Waals surface area contributed by atoms with E-state index >= 15 is 0 Å². The molecule has 0 radical (unpaired) electrons. The van der Waals surface area contributed by atoms with Crippen LogP contribution >= 0.6 is 0 Å². The Morgan fingerprint density at radius 2 is 1.79 bits per heavy atom. The first kappa shape index (κ1) is 18.6. The minimum atomic E-state index is -3.69. The van der Waals surface area contributed by atoms with E-state index in [0.29, 0.717) is 30.5 Å². The molecule has 2 bridgehead atoms. The molecule has 1 aliphatic carbocycles. The van der Waals surface area contributed by atoms with E-state index in [9.17, 15) is 8.42 Å². The van der Waals surface area contributed by atoms with Gasteiger partial charge in [-0.2, -0.15) is 4.31 Å². The van der Waals surface area contributed by atoms with Crippen LogP contribution in [0.15, 0.2) is 35.5 Å². The minimum absolute atomic E-state index is 0.0750. The smallest absolute Gasteiger partial charge is 0.247 e. The quantitative estimate of drug-likeness (QED) is 0.712. The van der Waals surface area contributed by atoms with Gasteiger partial charge in [-0.1, -0.05) is 0 Å². The third kappa shape index (κ3) is 3.12. The molecule has 9 heteroatoms. The summed E-state index contributed by atoms with van der Waals surface area (Å²) in [5.41, 5.74) is 1.10. The highest BCUT2D eigenvalue weighted by atomic mass is 32.2. The fourth-order valence-electron chi connectivity index (χ4n) is 4.39. The second kappa shape index (κ2) is 6.84. The van der Waals surface area contributed by atoms with Crippen LogP contribution in [0.2, 0.25) is 0 Å². The van der Waals surface area contributed by atoms with Crippen molar-refractivity contribution in [1.82, 2.24) is 14.3 Å². The van der Waals surface area contributed by atoms with Gasteiger partial charge in [0.25, 0.3) is 0 Å². The Labute approximate surface area is 170 Å². The lowest BCUT2D eigenvalue weighted by atomic mass is 9.91. The summed E-state index contributed by atoms with van der Waals surface area (Å²) in [5, 5.41) is 0. The zero-order valence-corrected chi connectivity index (χ0v) is 17.3. The monoisotopic (exact) mass is 416 g/mol. The van der Waals surface area contributed by atoms with Crippen molar-refractivity contribution in [3.8, 4) is 11.5 Å². The molecule has 0 spiro atoms. The second-order valence-electron chi connectivity index (χ2n) is 7.88. The van der Waals surface area contributed by atoms with Crippen LogP contribution in [0.1, 0.15) is 30.9 Å². The fourth-order valence-corrected chi connectivity index (χ4v) is 6.38. The fraction of sp³-hybridized carbons (Fsp3) is 0.500. The maximum absolute atomic E-state index is 13.4. The Kier molecular flexibility index (Phi) is 4.40. The number of nitrogens with zero attached hydrogens (tertiary/aromatic N) is 4. The zero-order valence-electron chi connectivity index (χ0n) is 16.5. The average molecular weight is 417 g/mol. The maximum atomic E-state index is 13.4. The molecule has 0 N–H and O–H groups in total. The van der Waals surface area contributed by atoms with Gasteiger partial charge in [0.05, 0.1) is 14.2 Å². The summed E-state index contributed by atoms with van der Waals surface area (Å²) >= 11 is 0. The molecule has 29 heavy (non-hydrogen) atoms. The predicted octanol–water partition coefficient (Wildman–Crippen LogP) is 2.02. The number of rotatable bonds is 6. The number of piperazine rings is 1. The topological polar surface area (TPSA) is 84.9 Å². The van der Waals surface area contributed by atoms with E-state index in [2.05, 4.69) is 20.9 Å². The van der Waals surface area contributed by atoms with Crippen LogP contribution < -0.4 is 14.4 Å². The Balaban J connectivity index is 1.39. The van der Waals surface area contributed by atoms with Crippen molar-refractivity contribution in [3.05, 3.63) is 36.3 Å². The molecule has 8 nitrogen and oxygen atoms in total. The summed E-state index contributed by atoms with van der Waals surface area (Å²) < 4.78 is 39.0. The molecular weight excluding hydrogens is 392 g/mol. The summed E-state index contributed by atoms with van der Waals surface area (Å²) in [6, 6.07) is 6.78. The maximum Gasteiger partial charge on any atom is 0.247 e. The first-order valence-corrected chi connectivity index (χ1v) is 11.3. The lowest BCUT2D eigenvalue weighted by molar-refractivity contribution is 0.0872. The molecule has 154 valence electrons. The minimum Gasteiger partial charge on any atom is -0.497 e. The summed E-state index contributed by atoms with van der Waals surface area (Å²) in [7, 11) is -0.687. The van der Waals surface area contributed by atoms with Crippen molar-refractivity contribution in [2.45, 2.75) is 42.2 Å². The van der Waals surface area contributed by atoms with E-state index in [1.54, 1.807) is 22.8 Å². The van der Waals surface area contributed by atoms with Gasteiger partial charge in [-0.15, -0.1) is 0 Å². The van der Waals surface area contributed by atoms with Crippen molar-refractivity contribution in [1.29, 1.82) is 0 Å². The third-order valence-corrected chi connectivity index (χ3v) is 8.07. The van der Waals surface area contributed by atoms with Crippen molar-refractivity contribution < 1.29 is 17.9 Å². The van der Waals surface area contributed by atoms with E-state index in [1.165, 1.54) is 33.1 Å². The molecule has 4 heterocycles. The van der Waals surface area contributed by atoms with Crippen molar-refractivity contribution in [3.63, 3.8) is 0 Å². The Morgan fingerprint density at radius 1 is 1.03 bits per heavy atom. The number of sulfonamides is 1. The zero-order chi connectivity index (χ0) is 20.2. The Morgan fingerprint density at radius 3 is 2.45 bits per heavy atom. The highest BCUT2D eigenvalue weighted by Crippen LogP contribution is 2.43. The van der Waals surface area contributed by atoms with Gasteiger partial charge >= 0.3 is 0 Å². The van der Waals surface area contributed by atoms with Gasteiger partial charge in [-0.25, -0.2) is 18.4 Å². The van der Waals surface area contributed by atoms with Crippen LogP contribution in [-0.2, 0) is 10.0 Å². The molecule has 4 fully saturated rings. The van der Waals surface area contributed by atoms with Crippen molar-refractivity contribution in [2.75, 3.05) is 32.2 Å². The normalized spacial score (nSPS) is 24.1. The second-order valence-corrected chi connectivity index (χ2v) is 9.69. The van der Waals surface area contributed by atoms with Gasteiger partial charge in [0.15, 0.2) is 0 Å². The molecule has 2 atom stereocenters. The highest BCUT2D eigenvalue weighted by molar-refractivity contribution is 7.89. The van der Waals surface area contributed by atoms with Crippen LogP contribution in [0.3, 0.4) is 0 Å². The first-order chi connectivity index (χ1) is 14.0. The molecule has 1 saturated carbocycles. The highest BCUT2D eigenvalue weighted by Gasteiger charge is 2.52. The van der Waals surface area contributed by atoms with E-state index in [0.717, 1.165) is 17.9 Å². The van der Waals surface area contributed by atoms with Gasteiger partial charge < -0.3 is 14.4 Å². The number of ether oxygens (including phenoxy) is 2. The molecular formula is C20H24N4O4S. The SMILES string of the molecule is COc1ccc(OC)c(S(=O)(=O)N2C3CC2CN(c2cc(C4CC4)ncn2)C3)c1. The lowest BCUT2D eigenvalue weighted by Gasteiger charge is -2.55. The van der Waals surface area contributed by atoms with Crippen LogP contribution in [-0.4, -0.2) is 62.1 Å². The van der Waals surface area contributed by atoms with Crippen molar-refractivity contribution in [2.24, 2.45) is 0 Å². The summed E-state index contributed by atoms with van der Waals surface area (Å²) in [6.07, 6.45) is 4.87. The number of hydrogen-bond donors (Lipinski definition) is 0. The van der Waals surface area contributed by atoms with E-state index < -0.39 is 10.0 Å². The summed E-state index contributed by atoms with van der Waals surface area (Å²) in [6.45, 7) is 1.26. The van der Waals surface area contributed by atoms with E-state index in [-0.39, 0.29) is 17.0 Å². The van der Waals surface area contributed by atoms with Gasteiger partial charge in [-0.3, -0.25) is 0 Å². The molecule has 2 aromatic rings. The number of hydrogen-bond acceptors (Lipinski definition) is 7. The van der Waals surface area contributed by atoms with Crippen LogP contribution in [0.25, 0.3) is 0 Å². The molecule has 2 unspecified atom stereocenters. The standard InChI is InChI=1S/C20H24N4O4S/c1-27-16-5-6-18(28-2)19(8-16)29(25,26)24-14-7-15(24)11-23(10-14)20-9-17(13-3-4-13)21-12-22-20/h5-6,8-9,12-15H,3-4,7,10-11H2,1-2H3. The molecule has 0 amide bonds. The third-order valence-electron chi connectivity index (χ3n) is 6.05. The van der Waals surface area contributed by atoms with Crippen LogP contribution in [0, 0.1) is 0 Å². The number of benzene rings is 1. The van der Waals surface area contributed by atoms with Gasteiger partial charge in [0.1, 0.15) is 28.5 Å². The Bertz CT molecular complexity index is 1030. The molecule has 1 aromatic heterocycles. The lowest BCUT2D eigenvalue weighted by Crippen LogP contribution is -2.70. The molecule has 3 saturated heterocycles. The van der Waals surface area contributed by atoms with Gasteiger partial charge in [0.2, 0.25) is 10.0 Å². The van der Waals surface area contributed by atoms with E-state index in [1.807, 2.05) is 0 Å². The first-order valence-electron chi connectivity index (χ1n) is 9.83. The number of fused-ring (bicyclic) bond motifs is 2.